The van der Waals surface area contributed by atoms with Gasteiger partial charge in [0.15, 0.2) is 0 Å². The van der Waals surface area contributed by atoms with Gasteiger partial charge in [-0.1, -0.05) is 34.1 Å². The molecule has 1 fully saturated rings. The smallest absolute Gasteiger partial charge is 0.328 e. The maximum absolute atomic E-state index is 12.6. The molecule has 0 saturated carbocycles. The molecular formula is C17H21BrN2O5. The second-order valence-electron chi connectivity index (χ2n) is 5.96. The number of hydrogen-bond donors (Lipinski definition) is 2. The van der Waals surface area contributed by atoms with Gasteiger partial charge in [0.2, 0.25) is 11.8 Å². The number of aliphatic hydroxyl groups is 1. The Bertz CT molecular complexity index is 666. The fourth-order valence-electron chi connectivity index (χ4n) is 2.90. The molecule has 0 aromatic heterocycles. The third kappa shape index (κ3) is 4.79. The molecule has 1 aliphatic rings. The van der Waals surface area contributed by atoms with Gasteiger partial charge in [0.05, 0.1) is 13.2 Å². The molecule has 2 amide bonds. The molecule has 2 N–H and O–H groups in total. The van der Waals surface area contributed by atoms with Crippen LogP contribution in [0.4, 0.5) is 0 Å². The van der Waals surface area contributed by atoms with Gasteiger partial charge in [-0.25, -0.2) is 4.79 Å². The fraction of sp³-hybridized carbons (Fsp3) is 0.471. The molecule has 1 saturated heterocycles. The molecule has 3 atom stereocenters. The van der Waals surface area contributed by atoms with E-state index >= 15 is 0 Å². The summed E-state index contributed by atoms with van der Waals surface area (Å²) in [4.78, 5) is 37.6. The number of rotatable bonds is 5. The van der Waals surface area contributed by atoms with Crippen LogP contribution in [0.5, 0.6) is 0 Å². The number of hydrogen-bond acceptors (Lipinski definition) is 5. The molecular weight excluding hydrogens is 392 g/mol. The van der Waals surface area contributed by atoms with Crippen molar-refractivity contribution in [2.24, 2.45) is 0 Å². The Labute approximate surface area is 154 Å². The largest absolute Gasteiger partial charge is 0.467 e. The van der Waals surface area contributed by atoms with Crippen molar-refractivity contribution in [3.63, 3.8) is 0 Å². The van der Waals surface area contributed by atoms with Crippen molar-refractivity contribution >= 4 is 33.7 Å². The minimum atomic E-state index is -0.886. The van der Waals surface area contributed by atoms with Crippen molar-refractivity contribution in [3.05, 3.63) is 34.3 Å². The van der Waals surface area contributed by atoms with Crippen LogP contribution < -0.4 is 5.32 Å². The summed E-state index contributed by atoms with van der Waals surface area (Å²) in [6.45, 7) is 1.46. The third-order valence-corrected chi connectivity index (χ3v) is 4.94. The van der Waals surface area contributed by atoms with Crippen molar-refractivity contribution in [1.29, 1.82) is 0 Å². The van der Waals surface area contributed by atoms with Gasteiger partial charge in [-0.15, -0.1) is 0 Å². The highest BCUT2D eigenvalue weighted by molar-refractivity contribution is 9.10. The first-order valence-corrected chi connectivity index (χ1v) is 8.69. The van der Waals surface area contributed by atoms with Crippen LogP contribution >= 0.6 is 15.9 Å². The van der Waals surface area contributed by atoms with E-state index in [0.717, 1.165) is 10.0 Å². The minimum absolute atomic E-state index is 0.112. The first-order valence-electron chi connectivity index (χ1n) is 7.90. The third-order valence-electron chi connectivity index (χ3n) is 4.17. The molecule has 0 radical (unpaired) electrons. The van der Waals surface area contributed by atoms with Crippen LogP contribution in [0, 0.1) is 0 Å². The highest BCUT2D eigenvalue weighted by atomic mass is 79.9. The maximum atomic E-state index is 12.6. The van der Waals surface area contributed by atoms with Crippen LogP contribution in [0.3, 0.4) is 0 Å². The number of carbonyl (C=O) groups excluding carboxylic acids is 3. The van der Waals surface area contributed by atoms with Crippen molar-refractivity contribution in [3.8, 4) is 0 Å². The molecule has 1 aliphatic heterocycles. The predicted molar refractivity (Wildman–Crippen MR) is 93.6 cm³/mol. The Kier molecular flexibility index (Phi) is 6.55. The predicted octanol–water partition coefficient (Wildman–Crippen LogP) is 0.631. The van der Waals surface area contributed by atoms with E-state index in [2.05, 4.69) is 21.2 Å². The van der Waals surface area contributed by atoms with Crippen molar-refractivity contribution in [1.82, 2.24) is 10.2 Å². The van der Waals surface area contributed by atoms with Crippen molar-refractivity contribution in [2.75, 3.05) is 13.7 Å². The highest BCUT2D eigenvalue weighted by Crippen LogP contribution is 2.20. The SMILES string of the molecule is COC(=O)[C@H](Cc1ccccc1Br)NC(=O)[C@@H]1C[C@@H](O)CN1C(C)=O. The quantitative estimate of drug-likeness (QED) is 0.691. The number of likely N-dealkylation sites (tertiary alicyclic amines) is 1. The van der Waals surface area contributed by atoms with Gasteiger partial charge in [-0.05, 0) is 11.6 Å². The summed E-state index contributed by atoms with van der Waals surface area (Å²) in [5.74, 6) is -1.34. The number of aliphatic hydroxyl groups excluding tert-OH is 1. The molecule has 7 nitrogen and oxygen atoms in total. The van der Waals surface area contributed by atoms with Crippen molar-refractivity contribution in [2.45, 2.75) is 38.0 Å². The second kappa shape index (κ2) is 8.44. The molecule has 1 aromatic carbocycles. The topological polar surface area (TPSA) is 95.9 Å². The lowest BCUT2D eigenvalue weighted by molar-refractivity contribution is -0.146. The van der Waals surface area contributed by atoms with Gasteiger partial charge in [0.25, 0.3) is 0 Å². The van der Waals surface area contributed by atoms with Gasteiger partial charge < -0.3 is 20.1 Å². The number of nitrogens with zero attached hydrogens (tertiary/aromatic N) is 1. The molecule has 0 aliphatic carbocycles. The molecule has 8 heteroatoms. The molecule has 2 rings (SSSR count). The van der Waals surface area contributed by atoms with E-state index in [4.69, 9.17) is 4.74 Å². The van der Waals surface area contributed by atoms with E-state index in [-0.39, 0.29) is 25.3 Å². The summed E-state index contributed by atoms with van der Waals surface area (Å²) in [6.07, 6.45) is -0.358. The van der Waals surface area contributed by atoms with Crippen LogP contribution in [-0.4, -0.2) is 59.6 Å². The zero-order chi connectivity index (χ0) is 18.6. The molecule has 1 heterocycles. The summed E-state index contributed by atoms with van der Waals surface area (Å²) >= 11 is 3.41. The summed E-state index contributed by atoms with van der Waals surface area (Å²) in [5, 5.41) is 12.4. The van der Waals surface area contributed by atoms with Gasteiger partial charge in [0, 0.05) is 30.8 Å². The number of ether oxygens (including phenoxy) is 1. The highest BCUT2D eigenvalue weighted by Gasteiger charge is 2.39. The maximum Gasteiger partial charge on any atom is 0.328 e. The van der Waals surface area contributed by atoms with Gasteiger partial charge in [0.1, 0.15) is 12.1 Å². The average molecular weight is 413 g/mol. The lowest BCUT2D eigenvalue weighted by Gasteiger charge is -2.24. The van der Waals surface area contributed by atoms with Crippen LogP contribution in [0.15, 0.2) is 28.7 Å². The average Bonchev–Trinajstić information content (AvgIpc) is 2.97. The normalized spacial score (nSPS) is 20.9. The molecule has 136 valence electrons. The number of amides is 2. The van der Waals surface area contributed by atoms with E-state index in [1.807, 2.05) is 24.3 Å². The summed E-state index contributed by atoms with van der Waals surface area (Å²) in [7, 11) is 1.25. The Morgan fingerprint density at radius 2 is 2.08 bits per heavy atom. The van der Waals surface area contributed by atoms with E-state index in [9.17, 15) is 19.5 Å². The number of esters is 1. The second-order valence-corrected chi connectivity index (χ2v) is 6.81. The van der Waals surface area contributed by atoms with Crippen molar-refractivity contribution < 1.29 is 24.2 Å². The molecule has 0 bridgehead atoms. The van der Waals surface area contributed by atoms with Gasteiger partial charge >= 0.3 is 5.97 Å². The summed E-state index contributed by atoms with van der Waals surface area (Å²) in [6, 6.07) is 5.69. The van der Waals surface area contributed by atoms with Gasteiger partial charge in [-0.2, -0.15) is 0 Å². The number of benzene rings is 1. The van der Waals surface area contributed by atoms with Crippen LogP contribution in [0.2, 0.25) is 0 Å². The summed E-state index contributed by atoms with van der Waals surface area (Å²) < 4.78 is 5.60. The first-order chi connectivity index (χ1) is 11.8. The fourth-order valence-corrected chi connectivity index (χ4v) is 3.34. The van der Waals surface area contributed by atoms with Crippen LogP contribution in [0.25, 0.3) is 0 Å². The molecule has 0 unspecified atom stereocenters. The van der Waals surface area contributed by atoms with E-state index in [0.29, 0.717) is 0 Å². The van der Waals surface area contributed by atoms with Crippen LogP contribution in [0.1, 0.15) is 18.9 Å². The van der Waals surface area contributed by atoms with E-state index < -0.39 is 30.1 Å². The Hall–Kier alpha value is -1.93. The number of β-amino-alcohol motifs (C(OH)–C–C–N with tert-alkyl or cyclic N) is 1. The Morgan fingerprint density at radius 3 is 2.68 bits per heavy atom. The molecule has 1 aromatic rings. The van der Waals surface area contributed by atoms with Gasteiger partial charge in [-0.3, -0.25) is 9.59 Å². The minimum Gasteiger partial charge on any atom is -0.467 e. The van der Waals surface area contributed by atoms with E-state index in [1.54, 1.807) is 0 Å². The number of halogens is 1. The summed E-state index contributed by atoms with van der Waals surface area (Å²) in [5.41, 5.74) is 0.841. The molecule has 25 heavy (non-hydrogen) atoms. The zero-order valence-electron chi connectivity index (χ0n) is 14.1. The Balaban J connectivity index is 2.14. The lowest BCUT2D eigenvalue weighted by atomic mass is 10.0. The zero-order valence-corrected chi connectivity index (χ0v) is 15.7. The van der Waals surface area contributed by atoms with Crippen LogP contribution in [-0.2, 0) is 25.5 Å². The molecule has 0 spiro atoms. The monoisotopic (exact) mass is 412 g/mol. The first kappa shape index (κ1) is 19.4. The van der Waals surface area contributed by atoms with E-state index in [1.165, 1.54) is 18.9 Å². The Morgan fingerprint density at radius 1 is 1.40 bits per heavy atom. The number of methoxy groups -OCH3 is 1. The lowest BCUT2D eigenvalue weighted by Crippen LogP contribution is -2.51. The number of nitrogens with one attached hydrogen (secondary N) is 1. The number of carbonyl (C=O) groups is 3. The standard InChI is InChI=1S/C17H21BrN2O5/c1-10(21)20-9-12(22)8-15(20)16(23)19-14(17(24)25-2)7-11-5-3-4-6-13(11)18/h3-6,12,14-15,22H,7-9H2,1-2H3,(H,19,23)/t12-,14+,15+/m1/s1.